The van der Waals surface area contributed by atoms with Crippen molar-refractivity contribution >= 4 is 34.1 Å². The molecular formula is C21H21ClN4O2. The SMILES string of the molecule is O=C(CCn1ncc(=O)c2ccccc21)N1CCN(c2ccc(Cl)cc2)CC1. The second kappa shape index (κ2) is 8.02. The maximum atomic E-state index is 12.6. The molecule has 0 aliphatic carbocycles. The maximum Gasteiger partial charge on any atom is 0.224 e. The van der Waals surface area contributed by atoms with Gasteiger partial charge in [-0.15, -0.1) is 0 Å². The first-order valence-electron chi connectivity index (χ1n) is 9.35. The number of aryl methyl sites for hydroxylation is 1. The minimum atomic E-state index is -0.100. The number of halogens is 1. The van der Waals surface area contributed by atoms with Crippen LogP contribution in [0.4, 0.5) is 5.69 Å². The zero-order valence-electron chi connectivity index (χ0n) is 15.4. The number of aromatic nitrogens is 2. The lowest BCUT2D eigenvalue weighted by Gasteiger charge is -2.36. The standard InChI is InChI=1S/C21H21ClN4O2/c22-16-5-7-17(8-6-16)24-11-13-25(14-12-24)21(28)9-10-26-19-4-2-1-3-18(19)20(27)15-23-26/h1-8,15H,9-14H2. The van der Waals surface area contributed by atoms with E-state index in [1.807, 2.05) is 47.4 Å². The quantitative estimate of drug-likeness (QED) is 0.680. The summed E-state index contributed by atoms with van der Waals surface area (Å²) in [5.74, 6) is 0.111. The first-order chi connectivity index (χ1) is 13.6. The molecule has 2 heterocycles. The molecule has 1 fully saturated rings. The third-order valence-electron chi connectivity index (χ3n) is 5.12. The smallest absolute Gasteiger partial charge is 0.224 e. The number of rotatable bonds is 4. The highest BCUT2D eigenvalue weighted by Gasteiger charge is 2.21. The summed E-state index contributed by atoms with van der Waals surface area (Å²) in [5.41, 5.74) is 1.78. The molecule has 1 saturated heterocycles. The van der Waals surface area contributed by atoms with Crippen molar-refractivity contribution in [3.8, 4) is 0 Å². The zero-order valence-corrected chi connectivity index (χ0v) is 16.2. The molecular weight excluding hydrogens is 376 g/mol. The molecule has 0 spiro atoms. The molecule has 1 aromatic heterocycles. The Balaban J connectivity index is 1.36. The Morgan fingerprint density at radius 3 is 2.46 bits per heavy atom. The first kappa shape index (κ1) is 18.5. The average molecular weight is 397 g/mol. The number of fused-ring (bicyclic) bond motifs is 1. The average Bonchev–Trinajstić information content (AvgIpc) is 2.74. The molecule has 0 unspecified atom stereocenters. The van der Waals surface area contributed by atoms with Gasteiger partial charge in [-0.1, -0.05) is 23.7 Å². The van der Waals surface area contributed by atoms with Gasteiger partial charge in [-0.25, -0.2) is 0 Å². The molecule has 0 atom stereocenters. The van der Waals surface area contributed by atoms with Gasteiger partial charge in [0.05, 0.1) is 18.3 Å². The molecule has 0 N–H and O–H groups in total. The van der Waals surface area contributed by atoms with Gasteiger partial charge in [0, 0.05) is 48.7 Å². The van der Waals surface area contributed by atoms with Gasteiger partial charge < -0.3 is 9.80 Å². The summed E-state index contributed by atoms with van der Waals surface area (Å²) >= 11 is 5.95. The highest BCUT2D eigenvalue weighted by molar-refractivity contribution is 6.30. The second-order valence-electron chi connectivity index (χ2n) is 6.84. The normalized spacial score (nSPS) is 14.5. The predicted octanol–water partition coefficient (Wildman–Crippen LogP) is 2.79. The maximum absolute atomic E-state index is 12.6. The van der Waals surface area contributed by atoms with E-state index in [4.69, 9.17) is 11.6 Å². The summed E-state index contributed by atoms with van der Waals surface area (Å²) in [6, 6.07) is 15.1. The Kier molecular flexibility index (Phi) is 5.30. The van der Waals surface area contributed by atoms with E-state index >= 15 is 0 Å². The highest BCUT2D eigenvalue weighted by Crippen LogP contribution is 2.19. The Bertz CT molecular complexity index is 1040. The van der Waals surface area contributed by atoms with E-state index in [-0.39, 0.29) is 11.3 Å². The minimum Gasteiger partial charge on any atom is -0.368 e. The summed E-state index contributed by atoms with van der Waals surface area (Å²) in [5, 5.41) is 5.55. The number of hydrogen-bond donors (Lipinski definition) is 0. The fourth-order valence-electron chi connectivity index (χ4n) is 3.56. The number of piperazine rings is 1. The van der Waals surface area contributed by atoms with Crippen LogP contribution in [0.15, 0.2) is 59.5 Å². The topological polar surface area (TPSA) is 58.4 Å². The van der Waals surface area contributed by atoms with Gasteiger partial charge in [0.25, 0.3) is 0 Å². The van der Waals surface area contributed by atoms with Crippen LogP contribution in [-0.4, -0.2) is 46.8 Å². The van der Waals surface area contributed by atoms with Crippen LogP contribution in [-0.2, 0) is 11.3 Å². The number of carbonyl (C=O) groups is 1. The molecule has 0 radical (unpaired) electrons. The van der Waals surface area contributed by atoms with Gasteiger partial charge in [-0.05, 0) is 36.4 Å². The van der Waals surface area contributed by atoms with Crippen molar-refractivity contribution in [3.05, 3.63) is 70.0 Å². The number of benzene rings is 2. The lowest BCUT2D eigenvalue weighted by molar-refractivity contribution is -0.131. The molecule has 0 saturated carbocycles. The largest absolute Gasteiger partial charge is 0.368 e. The highest BCUT2D eigenvalue weighted by atomic mass is 35.5. The van der Waals surface area contributed by atoms with Crippen LogP contribution < -0.4 is 10.3 Å². The van der Waals surface area contributed by atoms with Crippen molar-refractivity contribution in [2.24, 2.45) is 0 Å². The monoisotopic (exact) mass is 396 g/mol. The van der Waals surface area contributed by atoms with E-state index in [9.17, 15) is 9.59 Å². The van der Waals surface area contributed by atoms with Crippen molar-refractivity contribution in [2.45, 2.75) is 13.0 Å². The fraction of sp³-hybridized carbons (Fsp3) is 0.286. The van der Waals surface area contributed by atoms with E-state index in [0.717, 1.165) is 29.3 Å². The van der Waals surface area contributed by atoms with Crippen LogP contribution in [0, 0.1) is 0 Å². The van der Waals surface area contributed by atoms with E-state index in [1.54, 1.807) is 10.7 Å². The molecule has 4 rings (SSSR count). The number of hydrogen-bond acceptors (Lipinski definition) is 4. The molecule has 1 aliphatic heterocycles. The molecule has 7 heteroatoms. The second-order valence-corrected chi connectivity index (χ2v) is 7.28. The first-order valence-corrected chi connectivity index (χ1v) is 9.73. The third kappa shape index (κ3) is 3.87. The Morgan fingerprint density at radius 1 is 1.00 bits per heavy atom. The number of nitrogens with zero attached hydrogens (tertiary/aromatic N) is 4. The number of carbonyl (C=O) groups excluding carboxylic acids is 1. The molecule has 1 aliphatic rings. The Morgan fingerprint density at radius 2 is 1.71 bits per heavy atom. The summed E-state index contributed by atoms with van der Waals surface area (Å²) in [6.45, 7) is 3.44. The predicted molar refractivity (Wildman–Crippen MR) is 111 cm³/mol. The summed E-state index contributed by atoms with van der Waals surface area (Å²) in [7, 11) is 0. The molecule has 0 bridgehead atoms. The van der Waals surface area contributed by atoms with Gasteiger partial charge in [-0.2, -0.15) is 5.10 Å². The van der Waals surface area contributed by atoms with Crippen LogP contribution >= 0.6 is 11.6 Å². The Hall–Kier alpha value is -2.86. The minimum absolute atomic E-state index is 0.100. The molecule has 1 amide bonds. The van der Waals surface area contributed by atoms with Gasteiger partial charge >= 0.3 is 0 Å². The van der Waals surface area contributed by atoms with Crippen LogP contribution in [0.5, 0.6) is 0 Å². The zero-order chi connectivity index (χ0) is 19.5. The van der Waals surface area contributed by atoms with Gasteiger partial charge in [-0.3, -0.25) is 14.3 Å². The molecule has 3 aromatic rings. The van der Waals surface area contributed by atoms with Crippen LogP contribution in [0.3, 0.4) is 0 Å². The lowest BCUT2D eigenvalue weighted by Crippen LogP contribution is -2.49. The van der Waals surface area contributed by atoms with E-state index in [0.29, 0.717) is 31.4 Å². The molecule has 144 valence electrons. The van der Waals surface area contributed by atoms with Crippen molar-refractivity contribution in [2.75, 3.05) is 31.1 Å². The number of para-hydroxylation sites is 1. The van der Waals surface area contributed by atoms with Crippen molar-refractivity contribution in [1.82, 2.24) is 14.7 Å². The van der Waals surface area contributed by atoms with Crippen molar-refractivity contribution in [3.63, 3.8) is 0 Å². The van der Waals surface area contributed by atoms with E-state index in [1.165, 1.54) is 6.20 Å². The third-order valence-corrected chi connectivity index (χ3v) is 5.38. The fourth-order valence-corrected chi connectivity index (χ4v) is 3.69. The van der Waals surface area contributed by atoms with Crippen LogP contribution in [0.1, 0.15) is 6.42 Å². The van der Waals surface area contributed by atoms with Gasteiger partial charge in [0.15, 0.2) is 0 Å². The lowest BCUT2D eigenvalue weighted by atomic mass is 10.2. The van der Waals surface area contributed by atoms with Crippen LogP contribution in [0.25, 0.3) is 10.9 Å². The van der Waals surface area contributed by atoms with Gasteiger partial charge in [0.1, 0.15) is 0 Å². The molecule has 2 aromatic carbocycles. The number of amides is 1. The summed E-state index contributed by atoms with van der Waals surface area (Å²) in [4.78, 5) is 28.7. The molecule has 28 heavy (non-hydrogen) atoms. The van der Waals surface area contributed by atoms with E-state index in [2.05, 4.69) is 10.00 Å². The summed E-state index contributed by atoms with van der Waals surface area (Å²) < 4.78 is 1.73. The Labute approximate surface area is 167 Å². The van der Waals surface area contributed by atoms with Gasteiger partial charge in [0.2, 0.25) is 11.3 Å². The van der Waals surface area contributed by atoms with Crippen LogP contribution in [0.2, 0.25) is 5.02 Å². The molecule has 6 nitrogen and oxygen atoms in total. The van der Waals surface area contributed by atoms with Crippen molar-refractivity contribution in [1.29, 1.82) is 0 Å². The van der Waals surface area contributed by atoms with E-state index < -0.39 is 0 Å². The summed E-state index contributed by atoms with van der Waals surface area (Å²) in [6.07, 6.45) is 1.68. The number of anilines is 1. The van der Waals surface area contributed by atoms with Crippen molar-refractivity contribution < 1.29 is 4.79 Å².